The molecule has 1 aliphatic heterocycles. The van der Waals surface area contributed by atoms with Crippen molar-refractivity contribution >= 4 is 5.96 Å². The predicted molar refractivity (Wildman–Crippen MR) is 94.2 cm³/mol. The lowest BCUT2D eigenvalue weighted by molar-refractivity contribution is 0.114. The molecule has 0 saturated heterocycles. The van der Waals surface area contributed by atoms with Gasteiger partial charge in [-0.05, 0) is 24.5 Å². The van der Waals surface area contributed by atoms with Gasteiger partial charge in [0, 0.05) is 26.1 Å². The summed E-state index contributed by atoms with van der Waals surface area (Å²) in [7, 11) is 0. The minimum Gasteiger partial charge on any atom is -0.488 e. The maximum atomic E-state index is 5.92. The number of nitrogens with one attached hydrogen (secondary N) is 2. The van der Waals surface area contributed by atoms with Crippen molar-refractivity contribution in [2.24, 2.45) is 10.9 Å². The first-order valence-corrected chi connectivity index (χ1v) is 8.53. The number of para-hydroxylation sites is 1. The van der Waals surface area contributed by atoms with Gasteiger partial charge in [-0.3, -0.25) is 0 Å². The average molecular weight is 319 g/mol. The first kappa shape index (κ1) is 17.6. The third-order valence-corrected chi connectivity index (χ3v) is 3.50. The Morgan fingerprint density at radius 3 is 2.91 bits per heavy atom. The van der Waals surface area contributed by atoms with Crippen LogP contribution in [0, 0.1) is 5.92 Å². The van der Waals surface area contributed by atoms with Crippen molar-refractivity contribution < 1.29 is 9.47 Å². The van der Waals surface area contributed by atoms with Crippen LogP contribution in [-0.2, 0) is 11.2 Å². The van der Waals surface area contributed by atoms with Gasteiger partial charge in [-0.25, -0.2) is 4.99 Å². The Morgan fingerprint density at radius 2 is 2.17 bits per heavy atom. The molecule has 0 amide bonds. The highest BCUT2D eigenvalue weighted by Gasteiger charge is 2.21. The summed E-state index contributed by atoms with van der Waals surface area (Å²) < 4.78 is 11.5. The van der Waals surface area contributed by atoms with Crippen LogP contribution in [0.1, 0.15) is 26.3 Å². The number of rotatable bonds is 8. The maximum Gasteiger partial charge on any atom is 0.191 e. The second-order valence-electron chi connectivity index (χ2n) is 6.17. The van der Waals surface area contributed by atoms with E-state index < -0.39 is 0 Å². The topological polar surface area (TPSA) is 54.9 Å². The van der Waals surface area contributed by atoms with Crippen LogP contribution in [0.3, 0.4) is 0 Å². The zero-order chi connectivity index (χ0) is 16.5. The molecule has 0 radical (unpaired) electrons. The molecule has 1 aromatic carbocycles. The van der Waals surface area contributed by atoms with Crippen molar-refractivity contribution in [3.63, 3.8) is 0 Å². The van der Waals surface area contributed by atoms with E-state index in [1.54, 1.807) is 0 Å². The van der Waals surface area contributed by atoms with Gasteiger partial charge in [-0.2, -0.15) is 0 Å². The van der Waals surface area contributed by atoms with Gasteiger partial charge in [0.05, 0.1) is 13.2 Å². The van der Waals surface area contributed by atoms with E-state index in [9.17, 15) is 0 Å². The highest BCUT2D eigenvalue weighted by Crippen LogP contribution is 2.28. The molecule has 2 N–H and O–H groups in total. The van der Waals surface area contributed by atoms with Gasteiger partial charge < -0.3 is 20.1 Å². The van der Waals surface area contributed by atoms with Gasteiger partial charge in [0.25, 0.3) is 0 Å². The zero-order valence-electron chi connectivity index (χ0n) is 14.5. The lowest BCUT2D eigenvalue weighted by Crippen LogP contribution is -2.39. The summed E-state index contributed by atoms with van der Waals surface area (Å²) in [6.45, 7) is 10.1. The molecule has 0 spiro atoms. The monoisotopic (exact) mass is 319 g/mol. The van der Waals surface area contributed by atoms with Gasteiger partial charge in [-0.15, -0.1) is 0 Å². The fraction of sp³-hybridized carbons (Fsp3) is 0.611. The van der Waals surface area contributed by atoms with E-state index >= 15 is 0 Å². The van der Waals surface area contributed by atoms with E-state index in [2.05, 4.69) is 48.5 Å². The van der Waals surface area contributed by atoms with Gasteiger partial charge in [-0.1, -0.05) is 32.0 Å². The van der Waals surface area contributed by atoms with Crippen LogP contribution in [0.15, 0.2) is 29.3 Å². The van der Waals surface area contributed by atoms with E-state index in [4.69, 9.17) is 9.47 Å². The Hall–Kier alpha value is -1.75. The van der Waals surface area contributed by atoms with E-state index in [0.717, 1.165) is 37.8 Å². The van der Waals surface area contributed by atoms with Gasteiger partial charge >= 0.3 is 0 Å². The molecule has 0 aromatic heterocycles. The average Bonchev–Trinajstić information content (AvgIpc) is 2.94. The maximum absolute atomic E-state index is 5.92. The normalized spacial score (nSPS) is 17.0. The highest BCUT2D eigenvalue weighted by atomic mass is 16.5. The molecule has 1 atom stereocenters. The van der Waals surface area contributed by atoms with Crippen molar-refractivity contribution in [1.82, 2.24) is 10.6 Å². The van der Waals surface area contributed by atoms with Crippen LogP contribution in [0.4, 0.5) is 0 Å². The summed E-state index contributed by atoms with van der Waals surface area (Å²) in [5.41, 5.74) is 1.27. The number of guanidine groups is 1. The molecule has 2 rings (SSSR count). The Kier molecular flexibility index (Phi) is 7.20. The first-order valence-electron chi connectivity index (χ1n) is 8.53. The Labute approximate surface area is 139 Å². The Morgan fingerprint density at radius 1 is 1.35 bits per heavy atom. The molecule has 0 fully saturated rings. The molecule has 0 bridgehead atoms. The fourth-order valence-electron chi connectivity index (χ4n) is 2.45. The van der Waals surface area contributed by atoms with Crippen molar-refractivity contribution in [3.8, 4) is 5.75 Å². The molecule has 1 aromatic rings. The Bertz CT molecular complexity index is 478. The van der Waals surface area contributed by atoms with Gasteiger partial charge in [0.15, 0.2) is 5.96 Å². The minimum atomic E-state index is 0.125. The second-order valence-corrected chi connectivity index (χ2v) is 6.17. The zero-order valence-corrected chi connectivity index (χ0v) is 14.5. The molecule has 128 valence electrons. The summed E-state index contributed by atoms with van der Waals surface area (Å²) in [6.07, 6.45) is 1.05. The second kappa shape index (κ2) is 9.40. The molecule has 0 saturated carbocycles. The molecule has 5 nitrogen and oxygen atoms in total. The van der Waals surface area contributed by atoms with Gasteiger partial charge in [0.1, 0.15) is 11.9 Å². The predicted octanol–water partition coefficient (Wildman–Crippen LogP) is 2.22. The third-order valence-electron chi connectivity index (χ3n) is 3.50. The van der Waals surface area contributed by atoms with Crippen molar-refractivity contribution in [2.75, 3.05) is 32.8 Å². The van der Waals surface area contributed by atoms with Crippen LogP contribution < -0.4 is 15.4 Å². The Balaban J connectivity index is 1.74. The quantitative estimate of drug-likeness (QED) is 0.438. The lowest BCUT2D eigenvalue weighted by atomic mass is 10.1. The molecule has 1 aliphatic rings. The largest absolute Gasteiger partial charge is 0.488 e. The SMILES string of the molecule is CCNC(=NCC1Cc2ccccc2O1)NCCOCC(C)C. The van der Waals surface area contributed by atoms with Crippen LogP contribution in [0.2, 0.25) is 0 Å². The number of nitrogens with zero attached hydrogens (tertiary/aromatic N) is 1. The summed E-state index contributed by atoms with van der Waals surface area (Å²) in [5.74, 6) is 2.38. The fourth-order valence-corrected chi connectivity index (χ4v) is 2.45. The summed E-state index contributed by atoms with van der Waals surface area (Å²) >= 11 is 0. The third kappa shape index (κ3) is 6.10. The van der Waals surface area contributed by atoms with Crippen LogP contribution in [0.25, 0.3) is 0 Å². The molecule has 0 aliphatic carbocycles. The standard InChI is InChI=1S/C18H29N3O2/c1-4-19-18(20-9-10-22-13-14(2)3)21-12-16-11-15-7-5-6-8-17(15)23-16/h5-8,14,16H,4,9-13H2,1-3H3,(H2,19,20,21). The molecule has 1 unspecified atom stereocenters. The van der Waals surface area contributed by atoms with Crippen molar-refractivity contribution in [1.29, 1.82) is 0 Å². The van der Waals surface area contributed by atoms with Crippen LogP contribution >= 0.6 is 0 Å². The number of hydrogen-bond acceptors (Lipinski definition) is 3. The molecule has 1 heterocycles. The van der Waals surface area contributed by atoms with Gasteiger partial charge in [0.2, 0.25) is 0 Å². The first-order chi connectivity index (χ1) is 11.2. The van der Waals surface area contributed by atoms with Crippen molar-refractivity contribution in [3.05, 3.63) is 29.8 Å². The number of aliphatic imine (C=N–C) groups is 1. The van der Waals surface area contributed by atoms with E-state index in [1.807, 2.05) is 12.1 Å². The van der Waals surface area contributed by atoms with Crippen molar-refractivity contribution in [2.45, 2.75) is 33.3 Å². The number of benzene rings is 1. The van der Waals surface area contributed by atoms with E-state index in [-0.39, 0.29) is 6.10 Å². The van der Waals surface area contributed by atoms with Crippen LogP contribution in [-0.4, -0.2) is 44.9 Å². The smallest absolute Gasteiger partial charge is 0.191 e. The van der Waals surface area contributed by atoms with Crippen LogP contribution in [0.5, 0.6) is 5.75 Å². The number of ether oxygens (including phenoxy) is 2. The summed E-state index contributed by atoms with van der Waals surface area (Å²) in [4.78, 5) is 4.63. The summed E-state index contributed by atoms with van der Waals surface area (Å²) in [6, 6.07) is 8.20. The lowest BCUT2D eigenvalue weighted by Gasteiger charge is -2.13. The molecule has 5 heteroatoms. The molecule has 23 heavy (non-hydrogen) atoms. The number of fused-ring (bicyclic) bond motifs is 1. The summed E-state index contributed by atoms with van der Waals surface area (Å²) in [5, 5.41) is 6.55. The number of hydrogen-bond donors (Lipinski definition) is 2. The van der Waals surface area contributed by atoms with E-state index in [1.165, 1.54) is 5.56 Å². The molecular formula is C18H29N3O2. The minimum absolute atomic E-state index is 0.125. The highest BCUT2D eigenvalue weighted by molar-refractivity contribution is 5.79. The van der Waals surface area contributed by atoms with E-state index in [0.29, 0.717) is 19.1 Å². The molecular weight excluding hydrogens is 290 g/mol.